The zero-order chi connectivity index (χ0) is 14.1. The van der Waals surface area contributed by atoms with E-state index in [1.807, 2.05) is 12.1 Å². The molecule has 0 spiro atoms. The van der Waals surface area contributed by atoms with E-state index in [0.717, 1.165) is 11.3 Å². The Morgan fingerprint density at radius 3 is 2.80 bits per heavy atom. The van der Waals surface area contributed by atoms with Crippen molar-refractivity contribution < 1.29 is 9.47 Å². The molecule has 7 nitrogen and oxygen atoms in total. The molecular weight excluding hydrogens is 258 g/mol. The average molecular weight is 271 g/mol. The number of methoxy groups -OCH3 is 2. The monoisotopic (exact) mass is 271 g/mol. The van der Waals surface area contributed by atoms with E-state index in [2.05, 4.69) is 15.1 Å². The molecule has 0 aliphatic carbocycles. The molecule has 0 aromatic carbocycles. The number of nitrogen functional groups attached to an aromatic ring is 1. The standard InChI is InChI=1S/C13H13N5O2/c1-19-10-5-8(7-15-13(10)20-2)9-3-4-18-12(16-9)6-11(14)17-18/h3-7H,1-2H3,(H2,14,17). The molecule has 0 aliphatic rings. The molecule has 0 saturated heterocycles. The first kappa shape index (κ1) is 12.2. The molecule has 3 rings (SSSR count). The summed E-state index contributed by atoms with van der Waals surface area (Å²) in [5.41, 5.74) is 7.90. The van der Waals surface area contributed by atoms with Gasteiger partial charge < -0.3 is 15.2 Å². The smallest absolute Gasteiger partial charge is 0.256 e. The van der Waals surface area contributed by atoms with E-state index >= 15 is 0 Å². The number of fused-ring (bicyclic) bond motifs is 1. The third-order valence-electron chi connectivity index (χ3n) is 2.87. The van der Waals surface area contributed by atoms with Crippen LogP contribution in [-0.2, 0) is 0 Å². The minimum atomic E-state index is 0.431. The molecule has 0 saturated carbocycles. The van der Waals surface area contributed by atoms with Crippen LogP contribution in [0.15, 0.2) is 30.6 Å². The Balaban J connectivity index is 2.09. The quantitative estimate of drug-likeness (QED) is 0.774. The lowest BCUT2D eigenvalue weighted by atomic mass is 10.2. The van der Waals surface area contributed by atoms with Crippen LogP contribution in [-0.4, -0.2) is 33.8 Å². The molecule has 0 aliphatic heterocycles. The van der Waals surface area contributed by atoms with Gasteiger partial charge >= 0.3 is 0 Å². The highest BCUT2D eigenvalue weighted by atomic mass is 16.5. The molecule has 3 aromatic heterocycles. The molecule has 102 valence electrons. The van der Waals surface area contributed by atoms with Crippen LogP contribution >= 0.6 is 0 Å². The Morgan fingerprint density at radius 2 is 2.05 bits per heavy atom. The van der Waals surface area contributed by atoms with E-state index in [0.29, 0.717) is 23.1 Å². The number of ether oxygens (including phenoxy) is 2. The van der Waals surface area contributed by atoms with Crippen molar-refractivity contribution in [3.05, 3.63) is 30.6 Å². The van der Waals surface area contributed by atoms with Gasteiger partial charge in [0.2, 0.25) is 0 Å². The Bertz CT molecular complexity index is 769. The zero-order valence-corrected chi connectivity index (χ0v) is 11.1. The summed E-state index contributed by atoms with van der Waals surface area (Å²) in [4.78, 5) is 8.68. The van der Waals surface area contributed by atoms with Crippen LogP contribution in [0, 0.1) is 0 Å². The van der Waals surface area contributed by atoms with Gasteiger partial charge in [0.25, 0.3) is 5.88 Å². The molecule has 0 atom stereocenters. The van der Waals surface area contributed by atoms with Crippen LogP contribution in [0.5, 0.6) is 11.6 Å². The van der Waals surface area contributed by atoms with Gasteiger partial charge in [-0.05, 0) is 12.1 Å². The second kappa shape index (κ2) is 4.69. The number of aromatic nitrogens is 4. The Morgan fingerprint density at radius 1 is 1.20 bits per heavy atom. The van der Waals surface area contributed by atoms with Crippen LogP contribution in [0.4, 0.5) is 5.82 Å². The number of nitrogens with zero attached hydrogens (tertiary/aromatic N) is 4. The van der Waals surface area contributed by atoms with Crippen molar-refractivity contribution in [1.29, 1.82) is 0 Å². The van der Waals surface area contributed by atoms with Gasteiger partial charge in [0.15, 0.2) is 11.4 Å². The van der Waals surface area contributed by atoms with Crippen molar-refractivity contribution in [2.45, 2.75) is 0 Å². The average Bonchev–Trinajstić information content (AvgIpc) is 2.85. The van der Waals surface area contributed by atoms with Gasteiger partial charge in [-0.2, -0.15) is 0 Å². The fraction of sp³-hybridized carbons (Fsp3) is 0.154. The molecule has 20 heavy (non-hydrogen) atoms. The largest absolute Gasteiger partial charge is 0.491 e. The third kappa shape index (κ3) is 1.99. The minimum Gasteiger partial charge on any atom is -0.491 e. The number of rotatable bonds is 3. The fourth-order valence-corrected chi connectivity index (χ4v) is 1.93. The van der Waals surface area contributed by atoms with Gasteiger partial charge in [0, 0.05) is 24.0 Å². The molecule has 2 N–H and O–H groups in total. The fourth-order valence-electron chi connectivity index (χ4n) is 1.93. The summed E-state index contributed by atoms with van der Waals surface area (Å²) in [5.74, 6) is 1.42. The second-order valence-corrected chi connectivity index (χ2v) is 4.12. The van der Waals surface area contributed by atoms with Crippen LogP contribution in [0.1, 0.15) is 0 Å². The van der Waals surface area contributed by atoms with Gasteiger partial charge in [-0.15, -0.1) is 5.10 Å². The van der Waals surface area contributed by atoms with Gasteiger partial charge in [0.1, 0.15) is 5.82 Å². The first-order valence-corrected chi connectivity index (χ1v) is 5.91. The maximum atomic E-state index is 5.64. The number of nitrogens with two attached hydrogens (primary N) is 1. The van der Waals surface area contributed by atoms with Crippen molar-refractivity contribution in [2.75, 3.05) is 20.0 Å². The normalized spacial score (nSPS) is 10.7. The highest BCUT2D eigenvalue weighted by Crippen LogP contribution is 2.29. The molecule has 0 fully saturated rings. The molecule has 7 heteroatoms. The maximum absolute atomic E-state index is 5.64. The van der Waals surface area contributed by atoms with Gasteiger partial charge in [-0.3, -0.25) is 0 Å². The summed E-state index contributed by atoms with van der Waals surface area (Å²) in [6.45, 7) is 0. The summed E-state index contributed by atoms with van der Waals surface area (Å²) in [7, 11) is 3.11. The molecular formula is C13H13N5O2. The Hall–Kier alpha value is -2.83. The zero-order valence-electron chi connectivity index (χ0n) is 11.1. The Labute approximate surface area is 115 Å². The Kier molecular flexibility index (Phi) is 2.86. The molecule has 0 amide bonds. The topological polar surface area (TPSA) is 87.6 Å². The highest BCUT2D eigenvalue weighted by molar-refractivity contribution is 5.64. The SMILES string of the molecule is COc1cc(-c2ccn3nc(N)cc3n2)cnc1OC. The number of hydrogen-bond acceptors (Lipinski definition) is 6. The summed E-state index contributed by atoms with van der Waals surface area (Å²) < 4.78 is 12.0. The first-order valence-electron chi connectivity index (χ1n) is 5.91. The summed E-state index contributed by atoms with van der Waals surface area (Å²) >= 11 is 0. The van der Waals surface area contributed by atoms with Crippen molar-refractivity contribution in [1.82, 2.24) is 19.6 Å². The lowest BCUT2D eigenvalue weighted by Gasteiger charge is -2.08. The van der Waals surface area contributed by atoms with Crippen LogP contribution < -0.4 is 15.2 Å². The van der Waals surface area contributed by atoms with Crippen LogP contribution in [0.25, 0.3) is 16.9 Å². The summed E-state index contributed by atoms with van der Waals surface area (Å²) in [6, 6.07) is 5.37. The van der Waals surface area contributed by atoms with E-state index < -0.39 is 0 Å². The molecule has 0 radical (unpaired) electrons. The third-order valence-corrected chi connectivity index (χ3v) is 2.87. The summed E-state index contributed by atoms with van der Waals surface area (Å²) in [6.07, 6.45) is 3.48. The second-order valence-electron chi connectivity index (χ2n) is 4.12. The maximum Gasteiger partial charge on any atom is 0.256 e. The molecule has 0 unspecified atom stereocenters. The van der Waals surface area contributed by atoms with E-state index in [9.17, 15) is 0 Å². The van der Waals surface area contributed by atoms with E-state index in [1.165, 1.54) is 0 Å². The molecule has 3 aromatic rings. The van der Waals surface area contributed by atoms with Crippen molar-refractivity contribution in [3.63, 3.8) is 0 Å². The molecule has 0 bridgehead atoms. The summed E-state index contributed by atoms with van der Waals surface area (Å²) in [5, 5.41) is 4.08. The predicted octanol–water partition coefficient (Wildman–Crippen LogP) is 1.39. The van der Waals surface area contributed by atoms with Crippen molar-refractivity contribution in [2.24, 2.45) is 0 Å². The van der Waals surface area contributed by atoms with Crippen molar-refractivity contribution in [3.8, 4) is 22.9 Å². The van der Waals surface area contributed by atoms with Crippen LogP contribution in [0.2, 0.25) is 0 Å². The predicted molar refractivity (Wildman–Crippen MR) is 73.7 cm³/mol. The van der Waals surface area contributed by atoms with E-state index in [1.54, 1.807) is 37.2 Å². The number of anilines is 1. The lowest BCUT2D eigenvalue weighted by molar-refractivity contribution is 0.343. The van der Waals surface area contributed by atoms with Crippen molar-refractivity contribution >= 4 is 11.5 Å². The van der Waals surface area contributed by atoms with Gasteiger partial charge in [0.05, 0.1) is 19.9 Å². The van der Waals surface area contributed by atoms with Gasteiger partial charge in [-0.1, -0.05) is 0 Å². The number of pyridine rings is 1. The number of hydrogen-bond donors (Lipinski definition) is 1. The highest BCUT2D eigenvalue weighted by Gasteiger charge is 2.09. The van der Waals surface area contributed by atoms with E-state index in [4.69, 9.17) is 15.2 Å². The molecule has 3 heterocycles. The van der Waals surface area contributed by atoms with Crippen LogP contribution in [0.3, 0.4) is 0 Å². The van der Waals surface area contributed by atoms with Gasteiger partial charge in [-0.25, -0.2) is 14.5 Å². The van der Waals surface area contributed by atoms with E-state index in [-0.39, 0.29) is 0 Å². The minimum absolute atomic E-state index is 0.431. The first-order chi connectivity index (χ1) is 9.71. The lowest BCUT2D eigenvalue weighted by Crippen LogP contribution is -1.96.